The smallest absolute Gasteiger partial charge is 0.133 e. The van der Waals surface area contributed by atoms with E-state index in [0.29, 0.717) is 0 Å². The van der Waals surface area contributed by atoms with E-state index in [1.54, 1.807) is 0 Å². The average Bonchev–Trinajstić information content (AvgIpc) is 2.67. The maximum atomic E-state index is 5.58. The summed E-state index contributed by atoms with van der Waals surface area (Å²) in [5.74, 6) is 1.66. The van der Waals surface area contributed by atoms with Crippen molar-refractivity contribution in [3.05, 3.63) is 94.8 Å². The topological polar surface area (TPSA) is 18.5 Å². The SMILES string of the molecule is C=C=COc1cc(C)c(Cc2c(C)cc(OC=C=C)cc2CC)c(CC)c1. The minimum Gasteiger partial charge on any atom is -0.457 e. The van der Waals surface area contributed by atoms with Crippen LogP contribution >= 0.6 is 0 Å². The average molecular weight is 360 g/mol. The maximum Gasteiger partial charge on any atom is 0.133 e. The summed E-state index contributed by atoms with van der Waals surface area (Å²) in [6.07, 6.45) is 5.79. The van der Waals surface area contributed by atoms with Crippen molar-refractivity contribution < 1.29 is 9.47 Å². The molecule has 0 aliphatic heterocycles. The molecule has 0 spiro atoms. The lowest BCUT2D eigenvalue weighted by Gasteiger charge is -2.18. The van der Waals surface area contributed by atoms with Gasteiger partial charge in [0.2, 0.25) is 0 Å². The van der Waals surface area contributed by atoms with Crippen molar-refractivity contribution in [2.24, 2.45) is 0 Å². The third-order valence-corrected chi connectivity index (χ3v) is 4.75. The predicted octanol–water partition coefficient (Wildman–Crippen LogP) is 6.37. The molecule has 0 fully saturated rings. The molecular weight excluding hydrogens is 332 g/mol. The molecule has 2 heteroatoms. The Morgan fingerprint density at radius 2 is 1.19 bits per heavy atom. The molecule has 0 aromatic heterocycles. The third kappa shape index (κ3) is 5.05. The molecule has 0 aliphatic rings. The molecule has 2 rings (SSSR count). The molecule has 0 atom stereocenters. The molecule has 27 heavy (non-hydrogen) atoms. The van der Waals surface area contributed by atoms with Crippen LogP contribution in [0.4, 0.5) is 0 Å². The first kappa shape index (κ1) is 20.4. The zero-order chi connectivity index (χ0) is 19.8. The first-order valence-electron chi connectivity index (χ1n) is 9.30. The Morgan fingerprint density at radius 3 is 1.52 bits per heavy atom. The summed E-state index contributed by atoms with van der Waals surface area (Å²) in [7, 11) is 0. The van der Waals surface area contributed by atoms with E-state index in [0.717, 1.165) is 30.8 Å². The van der Waals surface area contributed by atoms with Gasteiger partial charge in [0.05, 0.1) is 0 Å². The lowest BCUT2D eigenvalue weighted by atomic mass is 9.89. The van der Waals surface area contributed by atoms with Gasteiger partial charge in [0.15, 0.2) is 0 Å². The molecule has 0 amide bonds. The summed E-state index contributed by atoms with van der Waals surface area (Å²) >= 11 is 0. The van der Waals surface area contributed by atoms with Gasteiger partial charge >= 0.3 is 0 Å². The number of benzene rings is 2. The van der Waals surface area contributed by atoms with Crippen molar-refractivity contribution in [2.45, 2.75) is 47.0 Å². The summed E-state index contributed by atoms with van der Waals surface area (Å²) in [5, 5.41) is 0. The first-order chi connectivity index (χ1) is 13.0. The van der Waals surface area contributed by atoms with Crippen LogP contribution in [-0.2, 0) is 19.3 Å². The molecule has 0 aliphatic carbocycles. The van der Waals surface area contributed by atoms with Crippen molar-refractivity contribution in [2.75, 3.05) is 0 Å². The number of hydrogen-bond acceptors (Lipinski definition) is 2. The molecular formula is C25H28O2. The summed E-state index contributed by atoms with van der Waals surface area (Å²) in [5.41, 5.74) is 13.1. The second kappa shape index (κ2) is 9.69. The summed E-state index contributed by atoms with van der Waals surface area (Å²) in [4.78, 5) is 0. The summed E-state index contributed by atoms with van der Waals surface area (Å²) < 4.78 is 11.2. The van der Waals surface area contributed by atoms with Crippen LogP contribution in [0.15, 0.2) is 61.4 Å². The van der Waals surface area contributed by atoms with Crippen LogP contribution in [0.5, 0.6) is 11.5 Å². The third-order valence-electron chi connectivity index (χ3n) is 4.75. The lowest BCUT2D eigenvalue weighted by Crippen LogP contribution is -2.04. The quantitative estimate of drug-likeness (QED) is 0.402. The van der Waals surface area contributed by atoms with E-state index >= 15 is 0 Å². The molecule has 0 N–H and O–H groups in total. The van der Waals surface area contributed by atoms with Crippen LogP contribution in [0.25, 0.3) is 0 Å². The van der Waals surface area contributed by atoms with Crippen molar-refractivity contribution >= 4 is 0 Å². The highest BCUT2D eigenvalue weighted by Gasteiger charge is 2.14. The van der Waals surface area contributed by atoms with E-state index in [1.165, 1.54) is 45.9 Å². The van der Waals surface area contributed by atoms with Gasteiger partial charge in [-0.25, -0.2) is 0 Å². The van der Waals surface area contributed by atoms with E-state index in [-0.39, 0.29) is 0 Å². The second-order valence-corrected chi connectivity index (χ2v) is 6.52. The first-order valence-corrected chi connectivity index (χ1v) is 9.30. The van der Waals surface area contributed by atoms with Gasteiger partial charge in [-0.2, -0.15) is 0 Å². The van der Waals surface area contributed by atoms with Crippen molar-refractivity contribution in [1.29, 1.82) is 0 Å². The van der Waals surface area contributed by atoms with Gasteiger partial charge in [-0.1, -0.05) is 38.5 Å². The van der Waals surface area contributed by atoms with Crippen molar-refractivity contribution in [1.82, 2.24) is 0 Å². The van der Waals surface area contributed by atoms with Crippen LogP contribution in [0.2, 0.25) is 0 Å². The largest absolute Gasteiger partial charge is 0.457 e. The van der Waals surface area contributed by atoms with E-state index < -0.39 is 0 Å². The molecule has 140 valence electrons. The van der Waals surface area contributed by atoms with E-state index in [9.17, 15) is 0 Å². The molecule has 0 bridgehead atoms. The molecule has 2 aromatic rings. The van der Waals surface area contributed by atoms with Gasteiger partial charge in [-0.3, -0.25) is 0 Å². The van der Waals surface area contributed by atoms with Gasteiger partial charge in [0.1, 0.15) is 24.0 Å². The fraction of sp³-hybridized carbons (Fsp3) is 0.280. The Balaban J connectivity index is 2.46. The Hall–Kier alpha value is -2.92. The van der Waals surface area contributed by atoms with Gasteiger partial charge < -0.3 is 9.47 Å². The van der Waals surface area contributed by atoms with Crippen molar-refractivity contribution in [3.8, 4) is 11.5 Å². The summed E-state index contributed by atoms with van der Waals surface area (Å²) in [6.45, 7) is 15.7. The lowest BCUT2D eigenvalue weighted by molar-refractivity contribution is 0.481. The molecule has 0 saturated heterocycles. The number of rotatable bonds is 8. The van der Waals surface area contributed by atoms with Gasteiger partial charge in [-0.05, 0) is 90.8 Å². The summed E-state index contributed by atoms with van der Waals surface area (Å²) in [6, 6.07) is 8.39. The van der Waals surface area contributed by atoms with Crippen LogP contribution in [-0.4, -0.2) is 0 Å². The fourth-order valence-corrected chi connectivity index (χ4v) is 3.38. The zero-order valence-corrected chi connectivity index (χ0v) is 16.8. The number of ether oxygens (including phenoxy) is 2. The van der Waals surface area contributed by atoms with Crippen LogP contribution in [0.3, 0.4) is 0 Å². The molecule has 2 nitrogen and oxygen atoms in total. The van der Waals surface area contributed by atoms with Gasteiger partial charge in [0, 0.05) is 0 Å². The molecule has 0 radical (unpaired) electrons. The fourth-order valence-electron chi connectivity index (χ4n) is 3.38. The maximum absolute atomic E-state index is 5.58. The van der Waals surface area contributed by atoms with Gasteiger partial charge in [-0.15, -0.1) is 0 Å². The van der Waals surface area contributed by atoms with Crippen molar-refractivity contribution in [3.63, 3.8) is 0 Å². The number of hydrogen-bond donors (Lipinski definition) is 0. The van der Waals surface area contributed by atoms with E-state index in [2.05, 4.69) is 76.6 Å². The van der Waals surface area contributed by atoms with E-state index in [1.807, 2.05) is 0 Å². The Bertz CT molecular complexity index is 833. The predicted molar refractivity (Wildman–Crippen MR) is 113 cm³/mol. The Morgan fingerprint density at radius 1 is 0.778 bits per heavy atom. The molecule has 0 heterocycles. The zero-order valence-electron chi connectivity index (χ0n) is 16.8. The highest BCUT2D eigenvalue weighted by molar-refractivity contribution is 5.49. The number of aryl methyl sites for hydroxylation is 4. The normalized spacial score (nSPS) is 9.93. The Kier molecular flexibility index (Phi) is 7.32. The van der Waals surface area contributed by atoms with Gasteiger partial charge in [0.25, 0.3) is 0 Å². The molecule has 0 unspecified atom stereocenters. The molecule has 0 saturated carbocycles. The van der Waals surface area contributed by atoms with E-state index in [4.69, 9.17) is 9.47 Å². The molecule has 2 aromatic carbocycles. The highest BCUT2D eigenvalue weighted by Crippen LogP contribution is 2.30. The Labute approximate surface area is 163 Å². The second-order valence-electron chi connectivity index (χ2n) is 6.52. The van der Waals surface area contributed by atoms with Crippen LogP contribution < -0.4 is 9.47 Å². The minimum absolute atomic E-state index is 0.830. The monoisotopic (exact) mass is 360 g/mol. The highest BCUT2D eigenvalue weighted by atomic mass is 16.5. The van der Waals surface area contributed by atoms with Crippen LogP contribution in [0.1, 0.15) is 47.2 Å². The standard InChI is InChI=1S/C25H28O2/c1-7-11-26-22-13-18(5)24(20(9-3)15-22)17-25-19(6)14-23(27-12-8-2)16-21(25)10-4/h11-16H,1-2,9-10,17H2,3-6H3. The minimum atomic E-state index is 0.830. The van der Waals surface area contributed by atoms with Crippen LogP contribution in [0, 0.1) is 13.8 Å².